The lowest BCUT2D eigenvalue weighted by Gasteiger charge is -2.34. The molecule has 2 aliphatic rings. The highest BCUT2D eigenvalue weighted by atomic mass is 16.5. The fourth-order valence-electron chi connectivity index (χ4n) is 1.93. The lowest BCUT2D eigenvalue weighted by atomic mass is 10.2. The van der Waals surface area contributed by atoms with Gasteiger partial charge in [-0.1, -0.05) is 19.1 Å². The second kappa shape index (κ2) is 2.95. The Bertz CT molecular complexity index is 153. The molecular weight excluding hydrogens is 138 g/mol. The monoisotopic (exact) mass is 153 g/mol. The summed E-state index contributed by atoms with van der Waals surface area (Å²) in [7, 11) is 0. The van der Waals surface area contributed by atoms with E-state index in [0.29, 0.717) is 12.1 Å². The van der Waals surface area contributed by atoms with Crippen molar-refractivity contribution >= 4 is 0 Å². The van der Waals surface area contributed by atoms with E-state index in [1.807, 2.05) is 0 Å². The van der Waals surface area contributed by atoms with Crippen molar-refractivity contribution < 1.29 is 4.74 Å². The van der Waals surface area contributed by atoms with Gasteiger partial charge in [-0.05, 0) is 13.0 Å². The predicted molar refractivity (Wildman–Crippen MR) is 44.5 cm³/mol. The van der Waals surface area contributed by atoms with E-state index in [-0.39, 0.29) is 0 Å². The van der Waals surface area contributed by atoms with Crippen molar-refractivity contribution in [3.8, 4) is 0 Å². The van der Waals surface area contributed by atoms with Crippen LogP contribution in [0.25, 0.3) is 0 Å². The van der Waals surface area contributed by atoms with Crippen LogP contribution in [-0.2, 0) is 4.74 Å². The lowest BCUT2D eigenvalue weighted by molar-refractivity contribution is -0.00515. The van der Waals surface area contributed by atoms with Gasteiger partial charge in [0.15, 0.2) is 0 Å². The Labute approximate surface area is 67.8 Å². The third-order valence-corrected chi connectivity index (χ3v) is 2.47. The number of nitrogens with zero attached hydrogens (tertiary/aromatic N) is 1. The average Bonchev–Trinajstić information content (AvgIpc) is 2.30. The second-order valence-electron chi connectivity index (χ2n) is 3.29. The number of hydrogen-bond acceptors (Lipinski definition) is 2. The first-order valence-corrected chi connectivity index (χ1v) is 4.43. The Hall–Kier alpha value is -0.340. The van der Waals surface area contributed by atoms with Crippen molar-refractivity contribution in [3.63, 3.8) is 0 Å². The number of fused-ring (bicyclic) bond motifs is 2. The summed E-state index contributed by atoms with van der Waals surface area (Å²) in [5.41, 5.74) is 0. The van der Waals surface area contributed by atoms with E-state index in [1.54, 1.807) is 0 Å². The Morgan fingerprint density at radius 3 is 2.55 bits per heavy atom. The standard InChI is InChI=1S/C9H15NO/c1-2-5-10-8-3-4-9(10)7-11-6-8/h3-4,8-9H,2,5-7H2,1H3. The van der Waals surface area contributed by atoms with Crippen molar-refractivity contribution in [3.05, 3.63) is 12.2 Å². The Morgan fingerprint density at radius 2 is 2.00 bits per heavy atom. The molecule has 2 heteroatoms. The Balaban J connectivity index is 2.01. The molecule has 1 fully saturated rings. The molecule has 62 valence electrons. The molecule has 2 unspecified atom stereocenters. The summed E-state index contributed by atoms with van der Waals surface area (Å²) in [5.74, 6) is 0. The van der Waals surface area contributed by atoms with Gasteiger partial charge in [-0.2, -0.15) is 0 Å². The molecule has 2 atom stereocenters. The molecule has 0 spiro atoms. The first-order chi connectivity index (χ1) is 5.42. The first-order valence-electron chi connectivity index (χ1n) is 4.43. The molecule has 0 aromatic heterocycles. The molecular formula is C9H15NO. The molecule has 11 heavy (non-hydrogen) atoms. The van der Waals surface area contributed by atoms with Gasteiger partial charge in [0.25, 0.3) is 0 Å². The van der Waals surface area contributed by atoms with Crippen LogP contribution >= 0.6 is 0 Å². The zero-order valence-corrected chi connectivity index (χ0v) is 6.99. The van der Waals surface area contributed by atoms with Gasteiger partial charge in [-0.15, -0.1) is 0 Å². The largest absolute Gasteiger partial charge is 0.378 e. The first kappa shape index (κ1) is 7.32. The molecule has 0 N–H and O–H groups in total. The summed E-state index contributed by atoms with van der Waals surface area (Å²) >= 11 is 0. The van der Waals surface area contributed by atoms with Crippen molar-refractivity contribution in [2.45, 2.75) is 25.4 Å². The van der Waals surface area contributed by atoms with Gasteiger partial charge in [0.2, 0.25) is 0 Å². The fourth-order valence-corrected chi connectivity index (χ4v) is 1.93. The fraction of sp³-hybridized carbons (Fsp3) is 0.778. The van der Waals surface area contributed by atoms with E-state index in [1.165, 1.54) is 13.0 Å². The van der Waals surface area contributed by atoms with Gasteiger partial charge >= 0.3 is 0 Å². The summed E-state index contributed by atoms with van der Waals surface area (Å²) in [5, 5.41) is 0. The van der Waals surface area contributed by atoms with Crippen LogP contribution < -0.4 is 0 Å². The van der Waals surface area contributed by atoms with E-state index in [2.05, 4.69) is 24.0 Å². The van der Waals surface area contributed by atoms with Crippen LogP contribution in [-0.4, -0.2) is 36.7 Å². The van der Waals surface area contributed by atoms with Gasteiger partial charge in [-0.25, -0.2) is 0 Å². The third kappa shape index (κ3) is 1.21. The van der Waals surface area contributed by atoms with E-state index in [4.69, 9.17) is 4.74 Å². The second-order valence-corrected chi connectivity index (χ2v) is 3.29. The zero-order valence-electron chi connectivity index (χ0n) is 6.99. The number of hydrogen-bond donors (Lipinski definition) is 0. The quantitative estimate of drug-likeness (QED) is 0.549. The maximum Gasteiger partial charge on any atom is 0.0658 e. The molecule has 2 aliphatic heterocycles. The van der Waals surface area contributed by atoms with Crippen molar-refractivity contribution in [1.82, 2.24) is 4.90 Å². The normalized spacial score (nSPS) is 36.5. The maximum atomic E-state index is 5.43. The highest BCUT2D eigenvalue weighted by Crippen LogP contribution is 2.21. The molecule has 0 amide bonds. The molecule has 2 bridgehead atoms. The number of ether oxygens (including phenoxy) is 1. The number of rotatable bonds is 2. The van der Waals surface area contributed by atoms with Gasteiger partial charge in [0, 0.05) is 0 Å². The van der Waals surface area contributed by atoms with Gasteiger partial charge in [0.05, 0.1) is 25.3 Å². The molecule has 0 aromatic carbocycles. The van der Waals surface area contributed by atoms with E-state index < -0.39 is 0 Å². The topological polar surface area (TPSA) is 12.5 Å². The summed E-state index contributed by atoms with van der Waals surface area (Å²) in [6.45, 7) is 5.24. The van der Waals surface area contributed by atoms with Gasteiger partial charge in [0.1, 0.15) is 0 Å². The molecule has 1 saturated heterocycles. The minimum atomic E-state index is 0.577. The minimum absolute atomic E-state index is 0.577. The highest BCUT2D eigenvalue weighted by Gasteiger charge is 2.31. The molecule has 0 saturated carbocycles. The smallest absolute Gasteiger partial charge is 0.0658 e. The Kier molecular flexibility index (Phi) is 1.96. The van der Waals surface area contributed by atoms with Gasteiger partial charge in [-0.3, -0.25) is 4.90 Å². The summed E-state index contributed by atoms with van der Waals surface area (Å²) < 4.78 is 5.43. The third-order valence-electron chi connectivity index (χ3n) is 2.47. The molecule has 0 aromatic rings. The van der Waals surface area contributed by atoms with Crippen LogP contribution in [0.15, 0.2) is 12.2 Å². The average molecular weight is 153 g/mol. The minimum Gasteiger partial charge on any atom is -0.378 e. The van der Waals surface area contributed by atoms with Crippen molar-refractivity contribution in [1.29, 1.82) is 0 Å². The Morgan fingerprint density at radius 1 is 1.36 bits per heavy atom. The summed E-state index contributed by atoms with van der Waals surface area (Å²) in [6.07, 6.45) is 5.81. The van der Waals surface area contributed by atoms with Crippen LogP contribution in [0, 0.1) is 0 Å². The predicted octanol–water partition coefficient (Wildman–Crippen LogP) is 1.04. The molecule has 0 radical (unpaired) electrons. The van der Waals surface area contributed by atoms with E-state index in [9.17, 15) is 0 Å². The SMILES string of the molecule is CCCN1C2C=CC1COC2. The summed E-state index contributed by atoms with van der Waals surface area (Å²) in [6, 6.07) is 1.15. The molecule has 0 aliphatic carbocycles. The van der Waals surface area contributed by atoms with Crippen molar-refractivity contribution in [2.75, 3.05) is 19.8 Å². The van der Waals surface area contributed by atoms with Crippen LogP contribution in [0.4, 0.5) is 0 Å². The summed E-state index contributed by atoms with van der Waals surface area (Å²) in [4.78, 5) is 2.53. The molecule has 2 heterocycles. The molecule has 2 nitrogen and oxygen atoms in total. The zero-order chi connectivity index (χ0) is 7.68. The van der Waals surface area contributed by atoms with Crippen LogP contribution in [0.3, 0.4) is 0 Å². The van der Waals surface area contributed by atoms with Crippen molar-refractivity contribution in [2.24, 2.45) is 0 Å². The van der Waals surface area contributed by atoms with E-state index in [0.717, 1.165) is 13.2 Å². The van der Waals surface area contributed by atoms with Crippen LogP contribution in [0.2, 0.25) is 0 Å². The molecule has 2 rings (SSSR count). The maximum absolute atomic E-state index is 5.43. The van der Waals surface area contributed by atoms with Crippen LogP contribution in [0.5, 0.6) is 0 Å². The highest BCUT2D eigenvalue weighted by molar-refractivity contribution is 5.12. The van der Waals surface area contributed by atoms with Crippen LogP contribution in [0.1, 0.15) is 13.3 Å². The van der Waals surface area contributed by atoms with E-state index >= 15 is 0 Å². The van der Waals surface area contributed by atoms with Gasteiger partial charge < -0.3 is 4.74 Å². The lowest BCUT2D eigenvalue weighted by Crippen LogP contribution is -2.46. The number of morpholine rings is 1.